The molecule has 0 aliphatic carbocycles. The summed E-state index contributed by atoms with van der Waals surface area (Å²) in [6, 6.07) is 1.93. The van der Waals surface area contributed by atoms with Crippen molar-refractivity contribution in [3.63, 3.8) is 0 Å². The van der Waals surface area contributed by atoms with E-state index in [-0.39, 0.29) is 11.8 Å². The van der Waals surface area contributed by atoms with Crippen LogP contribution in [-0.2, 0) is 17.8 Å². The summed E-state index contributed by atoms with van der Waals surface area (Å²) in [6.07, 6.45) is 8.06. The Hall–Kier alpha value is -2.54. The van der Waals surface area contributed by atoms with Gasteiger partial charge >= 0.3 is 0 Å². The number of ether oxygens (including phenoxy) is 1. The Morgan fingerprint density at radius 2 is 2.30 bits per heavy atom. The molecule has 120 valence electrons. The molecule has 7 heteroatoms. The van der Waals surface area contributed by atoms with Crippen molar-refractivity contribution in [2.75, 3.05) is 19.8 Å². The average molecular weight is 313 g/mol. The zero-order valence-corrected chi connectivity index (χ0v) is 12.8. The number of aromatic nitrogens is 4. The van der Waals surface area contributed by atoms with Crippen molar-refractivity contribution in [2.24, 2.45) is 5.92 Å². The molecule has 1 unspecified atom stereocenters. The highest BCUT2D eigenvalue weighted by molar-refractivity contribution is 5.91. The molecular weight excluding hydrogens is 294 g/mol. The van der Waals surface area contributed by atoms with Gasteiger partial charge in [0.2, 0.25) is 0 Å². The molecule has 1 aliphatic rings. The van der Waals surface area contributed by atoms with Gasteiger partial charge in [0, 0.05) is 37.6 Å². The maximum absolute atomic E-state index is 12.7. The SMILES string of the molecule is C=CCOCC1CN(C(=O)c2cnccn2)Cc2ccnn2C1. The number of carbonyl (C=O) groups excluding carboxylic acids is 1. The third kappa shape index (κ3) is 3.62. The van der Waals surface area contributed by atoms with Crippen molar-refractivity contribution in [3.8, 4) is 0 Å². The van der Waals surface area contributed by atoms with E-state index < -0.39 is 0 Å². The van der Waals surface area contributed by atoms with Crippen LogP contribution in [0, 0.1) is 5.92 Å². The molecule has 0 N–H and O–H groups in total. The molecular formula is C16H19N5O2. The lowest BCUT2D eigenvalue weighted by atomic mass is 10.1. The maximum atomic E-state index is 12.7. The molecule has 23 heavy (non-hydrogen) atoms. The first-order valence-corrected chi connectivity index (χ1v) is 7.52. The van der Waals surface area contributed by atoms with Gasteiger partial charge in [-0.05, 0) is 6.07 Å². The normalized spacial score (nSPS) is 17.4. The third-order valence-electron chi connectivity index (χ3n) is 3.73. The minimum Gasteiger partial charge on any atom is -0.377 e. The fourth-order valence-electron chi connectivity index (χ4n) is 2.68. The van der Waals surface area contributed by atoms with Crippen LogP contribution >= 0.6 is 0 Å². The van der Waals surface area contributed by atoms with Crippen molar-refractivity contribution in [3.05, 3.63) is 54.9 Å². The van der Waals surface area contributed by atoms with Crippen molar-refractivity contribution in [1.82, 2.24) is 24.6 Å². The number of nitrogens with zero attached hydrogens (tertiary/aromatic N) is 5. The summed E-state index contributed by atoms with van der Waals surface area (Å²) < 4.78 is 7.51. The highest BCUT2D eigenvalue weighted by atomic mass is 16.5. The number of carbonyl (C=O) groups is 1. The summed E-state index contributed by atoms with van der Waals surface area (Å²) in [7, 11) is 0. The molecule has 0 saturated heterocycles. The van der Waals surface area contributed by atoms with Crippen LogP contribution in [0.1, 0.15) is 16.2 Å². The molecule has 0 radical (unpaired) electrons. The Bertz CT molecular complexity index is 670. The minimum absolute atomic E-state index is 0.124. The zero-order valence-electron chi connectivity index (χ0n) is 12.8. The van der Waals surface area contributed by atoms with Gasteiger partial charge in [0.25, 0.3) is 5.91 Å². The largest absolute Gasteiger partial charge is 0.377 e. The van der Waals surface area contributed by atoms with E-state index >= 15 is 0 Å². The zero-order chi connectivity index (χ0) is 16.1. The number of hydrogen-bond acceptors (Lipinski definition) is 5. The predicted octanol–water partition coefficient (Wildman–Crippen LogP) is 1.15. The fourth-order valence-corrected chi connectivity index (χ4v) is 2.68. The van der Waals surface area contributed by atoms with Gasteiger partial charge in [-0.2, -0.15) is 5.10 Å². The highest BCUT2D eigenvalue weighted by Crippen LogP contribution is 2.18. The second kappa shape index (κ2) is 7.15. The molecule has 1 amide bonds. The van der Waals surface area contributed by atoms with E-state index in [1.165, 1.54) is 12.4 Å². The van der Waals surface area contributed by atoms with Crippen LogP contribution in [0.5, 0.6) is 0 Å². The van der Waals surface area contributed by atoms with Gasteiger partial charge < -0.3 is 9.64 Å². The average Bonchev–Trinajstić information content (AvgIpc) is 2.94. The Kier molecular flexibility index (Phi) is 4.77. The molecule has 7 nitrogen and oxygen atoms in total. The van der Waals surface area contributed by atoms with E-state index in [1.807, 2.05) is 10.7 Å². The van der Waals surface area contributed by atoms with Crippen LogP contribution in [0.4, 0.5) is 0 Å². The third-order valence-corrected chi connectivity index (χ3v) is 3.73. The lowest BCUT2D eigenvalue weighted by molar-refractivity contribution is 0.0631. The van der Waals surface area contributed by atoms with Gasteiger partial charge in [-0.25, -0.2) is 4.98 Å². The summed E-state index contributed by atoms with van der Waals surface area (Å²) in [4.78, 5) is 22.6. The van der Waals surface area contributed by atoms with Crippen LogP contribution in [0.25, 0.3) is 0 Å². The Balaban J connectivity index is 1.79. The maximum Gasteiger partial charge on any atom is 0.274 e. The quantitative estimate of drug-likeness (QED) is 0.611. The summed E-state index contributed by atoms with van der Waals surface area (Å²) in [5.41, 5.74) is 1.36. The van der Waals surface area contributed by atoms with Gasteiger partial charge in [0.05, 0.1) is 31.6 Å². The summed E-state index contributed by atoms with van der Waals surface area (Å²) >= 11 is 0. The highest BCUT2D eigenvalue weighted by Gasteiger charge is 2.27. The van der Waals surface area contributed by atoms with Crippen LogP contribution < -0.4 is 0 Å². The molecule has 0 aromatic carbocycles. The standard InChI is InChI=1S/C16H19N5O2/c1-2-7-23-12-13-9-20(11-14-3-4-19-21(14)10-13)16(22)15-8-17-5-6-18-15/h2-6,8,13H,1,7,9-12H2. The first-order valence-electron chi connectivity index (χ1n) is 7.52. The molecule has 1 atom stereocenters. The van der Waals surface area contributed by atoms with Crippen molar-refractivity contribution < 1.29 is 9.53 Å². The first-order chi connectivity index (χ1) is 11.3. The number of amides is 1. The minimum atomic E-state index is -0.124. The van der Waals surface area contributed by atoms with E-state index in [2.05, 4.69) is 21.6 Å². The monoisotopic (exact) mass is 313 g/mol. The molecule has 0 bridgehead atoms. The van der Waals surface area contributed by atoms with Gasteiger partial charge in [0.1, 0.15) is 5.69 Å². The fraction of sp³-hybridized carbons (Fsp3) is 0.375. The Labute approximate surface area is 134 Å². The molecule has 0 fully saturated rings. The summed E-state index contributed by atoms with van der Waals surface area (Å²) in [6.45, 7) is 6.53. The van der Waals surface area contributed by atoms with Gasteiger partial charge in [-0.1, -0.05) is 6.08 Å². The molecule has 3 rings (SSSR count). The van der Waals surface area contributed by atoms with Crippen LogP contribution in [-0.4, -0.2) is 50.3 Å². The van der Waals surface area contributed by atoms with Gasteiger partial charge in [-0.15, -0.1) is 6.58 Å². The van der Waals surface area contributed by atoms with E-state index in [9.17, 15) is 4.79 Å². The van der Waals surface area contributed by atoms with Gasteiger partial charge in [-0.3, -0.25) is 14.5 Å². The van der Waals surface area contributed by atoms with E-state index in [4.69, 9.17) is 4.74 Å². The Morgan fingerprint density at radius 3 is 3.09 bits per heavy atom. The number of hydrogen-bond donors (Lipinski definition) is 0. The van der Waals surface area contributed by atoms with Crippen molar-refractivity contribution >= 4 is 5.91 Å². The predicted molar refractivity (Wildman–Crippen MR) is 83.5 cm³/mol. The molecule has 2 aromatic heterocycles. The first kappa shape index (κ1) is 15.4. The van der Waals surface area contributed by atoms with E-state index in [0.29, 0.717) is 32.0 Å². The van der Waals surface area contributed by atoms with Crippen LogP contribution in [0.2, 0.25) is 0 Å². The molecule has 3 heterocycles. The van der Waals surface area contributed by atoms with E-state index in [1.54, 1.807) is 23.4 Å². The molecule has 0 spiro atoms. The number of fused-ring (bicyclic) bond motifs is 1. The van der Waals surface area contributed by atoms with Crippen molar-refractivity contribution in [2.45, 2.75) is 13.1 Å². The van der Waals surface area contributed by atoms with Gasteiger partial charge in [0.15, 0.2) is 0 Å². The Morgan fingerprint density at radius 1 is 1.39 bits per heavy atom. The second-order valence-corrected chi connectivity index (χ2v) is 5.47. The molecule has 0 saturated carbocycles. The second-order valence-electron chi connectivity index (χ2n) is 5.47. The smallest absolute Gasteiger partial charge is 0.274 e. The topological polar surface area (TPSA) is 73.1 Å². The summed E-state index contributed by atoms with van der Waals surface area (Å²) in [5.74, 6) is 0.0400. The van der Waals surface area contributed by atoms with Crippen molar-refractivity contribution in [1.29, 1.82) is 0 Å². The lowest BCUT2D eigenvalue weighted by Crippen LogP contribution is -2.35. The molecule has 1 aliphatic heterocycles. The molecule has 2 aromatic rings. The lowest BCUT2D eigenvalue weighted by Gasteiger charge is -2.23. The summed E-state index contributed by atoms with van der Waals surface area (Å²) in [5, 5.41) is 4.34. The van der Waals surface area contributed by atoms with Crippen LogP contribution in [0.15, 0.2) is 43.5 Å². The van der Waals surface area contributed by atoms with Crippen LogP contribution in [0.3, 0.4) is 0 Å². The number of rotatable bonds is 5. The van der Waals surface area contributed by atoms with E-state index in [0.717, 1.165) is 12.2 Å².